The van der Waals surface area contributed by atoms with E-state index in [9.17, 15) is 13.2 Å². The van der Waals surface area contributed by atoms with Gasteiger partial charge >= 0.3 is 0 Å². The highest BCUT2D eigenvalue weighted by Crippen LogP contribution is 2.20. The summed E-state index contributed by atoms with van der Waals surface area (Å²) in [5.74, 6) is -0.108. The number of nitrogens with one attached hydrogen (secondary N) is 1. The van der Waals surface area contributed by atoms with Crippen molar-refractivity contribution in [2.24, 2.45) is 0 Å². The number of sulfonamides is 1. The van der Waals surface area contributed by atoms with E-state index in [4.69, 9.17) is 4.74 Å². The molecule has 1 saturated heterocycles. The van der Waals surface area contributed by atoms with E-state index in [0.717, 1.165) is 16.8 Å². The largest absolute Gasteiger partial charge is 0.379 e. The summed E-state index contributed by atoms with van der Waals surface area (Å²) in [4.78, 5) is 18.7. The third kappa shape index (κ3) is 6.12. The molecular weight excluding hydrogens is 468 g/mol. The van der Waals surface area contributed by atoms with Gasteiger partial charge in [-0.3, -0.25) is 9.69 Å². The summed E-state index contributed by atoms with van der Waals surface area (Å²) < 4.78 is 33.8. The molecule has 0 radical (unpaired) electrons. The lowest BCUT2D eigenvalue weighted by atomic mass is 10.1. The van der Waals surface area contributed by atoms with Gasteiger partial charge in [-0.2, -0.15) is 9.40 Å². The minimum Gasteiger partial charge on any atom is -0.379 e. The summed E-state index contributed by atoms with van der Waals surface area (Å²) in [6.07, 6.45) is 3.14. The highest BCUT2D eigenvalue weighted by Gasteiger charge is 2.26. The molecule has 0 bridgehead atoms. The topological polar surface area (TPSA) is 110 Å². The Morgan fingerprint density at radius 2 is 1.80 bits per heavy atom. The Kier molecular flexibility index (Phi) is 7.91. The van der Waals surface area contributed by atoms with Crippen molar-refractivity contribution in [2.45, 2.75) is 24.4 Å². The van der Waals surface area contributed by atoms with Gasteiger partial charge in [-0.1, -0.05) is 24.3 Å². The molecule has 2 heterocycles. The number of benzene rings is 2. The van der Waals surface area contributed by atoms with Gasteiger partial charge in [-0.25, -0.2) is 18.1 Å². The maximum atomic E-state index is 12.7. The van der Waals surface area contributed by atoms with Crippen LogP contribution in [0.15, 0.2) is 66.1 Å². The van der Waals surface area contributed by atoms with Gasteiger partial charge in [0.15, 0.2) is 0 Å². The van der Waals surface area contributed by atoms with Crippen molar-refractivity contribution in [3.8, 4) is 5.69 Å². The Morgan fingerprint density at radius 3 is 2.43 bits per heavy atom. The number of amides is 1. The molecule has 186 valence electrons. The monoisotopic (exact) mass is 498 g/mol. The van der Waals surface area contributed by atoms with Gasteiger partial charge in [0.25, 0.3) is 0 Å². The van der Waals surface area contributed by atoms with Crippen molar-refractivity contribution < 1.29 is 17.9 Å². The van der Waals surface area contributed by atoms with E-state index in [-0.39, 0.29) is 23.4 Å². The molecule has 0 aliphatic carbocycles. The third-order valence-electron chi connectivity index (χ3n) is 6.13. The number of hydrogen-bond acceptors (Lipinski definition) is 7. The van der Waals surface area contributed by atoms with Crippen LogP contribution in [0, 0.1) is 0 Å². The molecule has 3 aromatic rings. The van der Waals surface area contributed by atoms with Gasteiger partial charge in [0, 0.05) is 25.7 Å². The molecule has 0 spiro atoms. The molecule has 1 aliphatic rings. The molecule has 1 aromatic heterocycles. The molecule has 10 nitrogen and oxygen atoms in total. The van der Waals surface area contributed by atoms with Crippen molar-refractivity contribution in [2.75, 3.05) is 39.9 Å². The van der Waals surface area contributed by atoms with Gasteiger partial charge in [0.05, 0.1) is 30.3 Å². The predicted octanol–water partition coefficient (Wildman–Crippen LogP) is 1.60. The zero-order valence-electron chi connectivity index (χ0n) is 19.9. The summed E-state index contributed by atoms with van der Waals surface area (Å²) >= 11 is 0. The second-order valence-electron chi connectivity index (χ2n) is 8.46. The number of carbonyl (C=O) groups excluding carboxylic acids is 1. The minimum atomic E-state index is -3.53. The van der Waals surface area contributed by atoms with Crippen LogP contribution in [0.25, 0.3) is 5.69 Å². The van der Waals surface area contributed by atoms with Crippen molar-refractivity contribution >= 4 is 15.9 Å². The first-order valence-electron chi connectivity index (χ1n) is 11.4. The summed E-state index contributed by atoms with van der Waals surface area (Å²) in [7, 11) is -1.62. The van der Waals surface area contributed by atoms with Crippen LogP contribution in [0.3, 0.4) is 0 Å². The van der Waals surface area contributed by atoms with Crippen LogP contribution in [-0.2, 0) is 26.1 Å². The van der Waals surface area contributed by atoms with Crippen LogP contribution in [0.2, 0.25) is 0 Å². The zero-order valence-corrected chi connectivity index (χ0v) is 20.7. The summed E-state index contributed by atoms with van der Waals surface area (Å²) in [6, 6.07) is 14.6. The van der Waals surface area contributed by atoms with E-state index in [2.05, 4.69) is 15.4 Å². The predicted molar refractivity (Wildman–Crippen MR) is 130 cm³/mol. The fourth-order valence-corrected chi connectivity index (χ4v) is 5.24. The van der Waals surface area contributed by atoms with Crippen molar-refractivity contribution in [1.82, 2.24) is 29.3 Å². The molecule has 35 heavy (non-hydrogen) atoms. The minimum absolute atomic E-state index is 0.0372. The molecule has 0 saturated carbocycles. The van der Waals surface area contributed by atoms with E-state index < -0.39 is 10.0 Å². The highest BCUT2D eigenvalue weighted by atomic mass is 32.2. The molecule has 1 N–H and O–H groups in total. The molecule has 2 aromatic carbocycles. The number of nitrogens with zero attached hydrogens (tertiary/aromatic N) is 5. The molecule has 1 atom stereocenters. The quantitative estimate of drug-likeness (QED) is 0.477. The first-order valence-corrected chi connectivity index (χ1v) is 12.9. The van der Waals surface area contributed by atoms with Crippen LogP contribution in [-0.4, -0.2) is 78.2 Å². The molecule has 0 unspecified atom stereocenters. The van der Waals surface area contributed by atoms with Gasteiger partial charge in [-0.05, 0) is 49.4 Å². The van der Waals surface area contributed by atoms with Crippen molar-refractivity contribution in [3.63, 3.8) is 0 Å². The molecule has 1 aliphatic heterocycles. The molecule has 4 rings (SSSR count). The number of hydrogen-bond donors (Lipinski definition) is 1. The number of likely N-dealkylation sites (N-methyl/N-ethyl adjacent to an activating group) is 1. The van der Waals surface area contributed by atoms with Crippen LogP contribution in [0.1, 0.15) is 24.1 Å². The van der Waals surface area contributed by atoms with Crippen LogP contribution >= 0.6 is 0 Å². The maximum Gasteiger partial charge on any atom is 0.243 e. The molecular formula is C24H30N6O4S. The molecule has 11 heteroatoms. The van der Waals surface area contributed by atoms with Gasteiger partial charge in [0.1, 0.15) is 12.7 Å². The molecule has 1 amide bonds. The Labute approximate surface area is 205 Å². The SMILES string of the molecule is C[C@H](c1ccc(-n2cncn2)cc1)N(C)CC(=O)NCc1ccc(S(=O)(=O)N2CCOCC2)cc1. The van der Waals surface area contributed by atoms with Crippen molar-refractivity contribution in [1.29, 1.82) is 0 Å². The lowest BCUT2D eigenvalue weighted by molar-refractivity contribution is -0.122. The maximum absolute atomic E-state index is 12.7. The average Bonchev–Trinajstić information content (AvgIpc) is 3.43. The van der Waals surface area contributed by atoms with E-state index in [0.29, 0.717) is 32.8 Å². The first kappa shape index (κ1) is 25.0. The smallest absolute Gasteiger partial charge is 0.243 e. The van der Waals surface area contributed by atoms with E-state index in [1.165, 1.54) is 10.6 Å². The van der Waals surface area contributed by atoms with E-state index in [1.54, 1.807) is 35.3 Å². The standard InChI is InChI=1S/C24H30N6O4S/c1-19(21-5-7-22(8-6-21)30-18-25-17-27-30)28(2)16-24(31)26-15-20-3-9-23(10-4-20)35(32,33)29-11-13-34-14-12-29/h3-10,17-19H,11-16H2,1-2H3,(H,26,31)/t19-/m1/s1. The van der Waals surface area contributed by atoms with Crippen LogP contribution in [0.4, 0.5) is 0 Å². The molecule has 1 fully saturated rings. The number of carbonyl (C=O) groups is 1. The first-order chi connectivity index (χ1) is 16.8. The summed E-state index contributed by atoms with van der Waals surface area (Å²) in [5.41, 5.74) is 2.84. The summed E-state index contributed by atoms with van der Waals surface area (Å²) in [5, 5.41) is 7.03. The number of ether oxygens (including phenoxy) is 1. The number of morpholine rings is 1. The Bertz CT molecular complexity index is 1210. The number of aromatic nitrogens is 3. The Balaban J connectivity index is 1.27. The zero-order chi connectivity index (χ0) is 24.8. The van der Waals surface area contributed by atoms with Gasteiger partial charge in [-0.15, -0.1) is 0 Å². The second-order valence-corrected chi connectivity index (χ2v) is 10.4. The van der Waals surface area contributed by atoms with Gasteiger partial charge < -0.3 is 10.1 Å². The lowest BCUT2D eigenvalue weighted by Gasteiger charge is -2.26. The normalized spacial score (nSPS) is 15.7. The van der Waals surface area contributed by atoms with Crippen molar-refractivity contribution in [3.05, 3.63) is 72.3 Å². The lowest BCUT2D eigenvalue weighted by Crippen LogP contribution is -2.40. The second kappa shape index (κ2) is 11.1. The highest BCUT2D eigenvalue weighted by molar-refractivity contribution is 7.89. The summed E-state index contributed by atoms with van der Waals surface area (Å²) in [6.45, 7) is 4.14. The fourth-order valence-electron chi connectivity index (χ4n) is 3.84. The Hall–Kier alpha value is -3.12. The number of rotatable bonds is 9. The van der Waals surface area contributed by atoms with Crippen LogP contribution < -0.4 is 5.32 Å². The third-order valence-corrected chi connectivity index (χ3v) is 8.05. The van der Waals surface area contributed by atoms with Gasteiger partial charge in [0.2, 0.25) is 15.9 Å². The van der Waals surface area contributed by atoms with E-state index in [1.807, 2.05) is 43.1 Å². The van der Waals surface area contributed by atoms with Crippen LogP contribution in [0.5, 0.6) is 0 Å². The van der Waals surface area contributed by atoms with E-state index >= 15 is 0 Å². The fraction of sp³-hybridized carbons (Fsp3) is 0.375. The Morgan fingerprint density at radius 1 is 1.11 bits per heavy atom. The average molecular weight is 499 g/mol.